The standard InChI is InChI=1S/C15H19F3N2O/c16-15(17,18)12-7-5-11(6-8-12)9-20-14(21)10-19-13-3-1-2-4-13/h5-8,13,19H,1-4,9-10H2,(H,20,21). The number of halogens is 3. The fourth-order valence-electron chi connectivity index (χ4n) is 2.44. The Morgan fingerprint density at radius 3 is 2.33 bits per heavy atom. The minimum absolute atomic E-state index is 0.137. The molecule has 3 nitrogen and oxygen atoms in total. The molecular weight excluding hydrogens is 281 g/mol. The van der Waals surface area contributed by atoms with Crippen molar-refractivity contribution in [3.8, 4) is 0 Å². The van der Waals surface area contributed by atoms with Crippen molar-refractivity contribution in [2.45, 2.75) is 44.4 Å². The van der Waals surface area contributed by atoms with Gasteiger partial charge in [0.1, 0.15) is 0 Å². The molecule has 1 aliphatic rings. The largest absolute Gasteiger partial charge is 0.416 e. The number of rotatable bonds is 5. The number of amides is 1. The third-order valence-corrected chi connectivity index (χ3v) is 3.68. The van der Waals surface area contributed by atoms with Crippen LogP contribution in [-0.4, -0.2) is 18.5 Å². The van der Waals surface area contributed by atoms with Crippen LogP contribution in [0.1, 0.15) is 36.8 Å². The summed E-state index contributed by atoms with van der Waals surface area (Å²) in [6.45, 7) is 0.495. The Kier molecular flexibility index (Phi) is 5.22. The lowest BCUT2D eigenvalue weighted by atomic mass is 10.1. The van der Waals surface area contributed by atoms with E-state index in [-0.39, 0.29) is 19.0 Å². The molecule has 2 N–H and O–H groups in total. The van der Waals surface area contributed by atoms with Gasteiger partial charge in [0.25, 0.3) is 0 Å². The van der Waals surface area contributed by atoms with Crippen molar-refractivity contribution in [2.24, 2.45) is 0 Å². The van der Waals surface area contributed by atoms with Gasteiger partial charge in [0.15, 0.2) is 0 Å². The number of hydrogen-bond acceptors (Lipinski definition) is 2. The van der Waals surface area contributed by atoms with Crippen LogP contribution in [0.15, 0.2) is 24.3 Å². The zero-order valence-corrected chi connectivity index (χ0v) is 11.7. The van der Waals surface area contributed by atoms with Gasteiger partial charge in [0, 0.05) is 12.6 Å². The first-order chi connectivity index (χ1) is 9.95. The summed E-state index contributed by atoms with van der Waals surface area (Å²) in [4.78, 5) is 11.6. The minimum Gasteiger partial charge on any atom is -0.351 e. The number of hydrogen-bond donors (Lipinski definition) is 2. The SMILES string of the molecule is O=C(CNC1CCCC1)NCc1ccc(C(F)(F)F)cc1. The molecule has 1 aliphatic carbocycles. The van der Waals surface area contributed by atoms with Crippen LogP contribution in [0.4, 0.5) is 13.2 Å². The lowest BCUT2D eigenvalue weighted by Gasteiger charge is -2.12. The Morgan fingerprint density at radius 2 is 1.76 bits per heavy atom. The van der Waals surface area contributed by atoms with Gasteiger partial charge < -0.3 is 10.6 Å². The number of benzene rings is 1. The van der Waals surface area contributed by atoms with Crippen LogP contribution in [-0.2, 0) is 17.5 Å². The lowest BCUT2D eigenvalue weighted by Crippen LogP contribution is -2.37. The van der Waals surface area contributed by atoms with Gasteiger partial charge in [-0.25, -0.2) is 0 Å². The summed E-state index contributed by atoms with van der Waals surface area (Å²) < 4.78 is 37.2. The number of alkyl halides is 3. The monoisotopic (exact) mass is 300 g/mol. The maximum Gasteiger partial charge on any atom is 0.416 e. The van der Waals surface area contributed by atoms with Crippen LogP contribution < -0.4 is 10.6 Å². The van der Waals surface area contributed by atoms with Crippen LogP contribution >= 0.6 is 0 Å². The third-order valence-electron chi connectivity index (χ3n) is 3.68. The highest BCUT2D eigenvalue weighted by atomic mass is 19.4. The Balaban J connectivity index is 1.73. The van der Waals surface area contributed by atoms with Crippen LogP contribution in [0.3, 0.4) is 0 Å². The molecule has 0 spiro atoms. The molecule has 0 aliphatic heterocycles. The van der Waals surface area contributed by atoms with E-state index in [2.05, 4.69) is 10.6 Å². The number of nitrogens with one attached hydrogen (secondary N) is 2. The van der Waals surface area contributed by atoms with Crippen molar-refractivity contribution in [1.82, 2.24) is 10.6 Å². The fourth-order valence-corrected chi connectivity index (χ4v) is 2.44. The molecule has 0 radical (unpaired) electrons. The summed E-state index contributed by atoms with van der Waals surface area (Å²) in [5.41, 5.74) is -0.0299. The minimum atomic E-state index is -4.33. The quantitative estimate of drug-likeness (QED) is 0.878. The normalized spacial score (nSPS) is 16.1. The second-order valence-electron chi connectivity index (χ2n) is 5.33. The Morgan fingerprint density at radius 1 is 1.14 bits per heavy atom. The summed E-state index contributed by atoms with van der Waals surface area (Å²) in [6.07, 6.45) is 0.279. The fraction of sp³-hybridized carbons (Fsp3) is 0.533. The van der Waals surface area contributed by atoms with Gasteiger partial charge in [-0.05, 0) is 30.5 Å². The molecule has 0 unspecified atom stereocenters. The van der Waals surface area contributed by atoms with Crippen molar-refractivity contribution in [1.29, 1.82) is 0 Å². The Bertz CT molecular complexity index is 465. The van der Waals surface area contributed by atoms with E-state index in [1.807, 2.05) is 0 Å². The van der Waals surface area contributed by atoms with Gasteiger partial charge in [-0.1, -0.05) is 25.0 Å². The van der Waals surface area contributed by atoms with E-state index in [1.54, 1.807) is 0 Å². The number of carbonyl (C=O) groups is 1. The molecule has 0 heterocycles. The molecule has 0 atom stereocenters. The van der Waals surface area contributed by atoms with Gasteiger partial charge in [-0.15, -0.1) is 0 Å². The molecule has 1 aromatic carbocycles. The molecular formula is C15H19F3N2O. The summed E-state index contributed by atoms with van der Waals surface area (Å²) in [6, 6.07) is 5.24. The van der Waals surface area contributed by atoms with E-state index in [1.165, 1.54) is 25.0 Å². The predicted molar refractivity (Wildman–Crippen MR) is 73.5 cm³/mol. The first-order valence-corrected chi connectivity index (χ1v) is 7.11. The van der Waals surface area contributed by atoms with Crippen LogP contribution in [0.2, 0.25) is 0 Å². The van der Waals surface area contributed by atoms with E-state index < -0.39 is 11.7 Å². The molecule has 0 aromatic heterocycles. The molecule has 0 bridgehead atoms. The average molecular weight is 300 g/mol. The average Bonchev–Trinajstić information content (AvgIpc) is 2.95. The van der Waals surface area contributed by atoms with Crippen molar-refractivity contribution >= 4 is 5.91 Å². The first kappa shape index (κ1) is 15.8. The molecule has 2 rings (SSSR count). The highest BCUT2D eigenvalue weighted by molar-refractivity contribution is 5.78. The van der Waals surface area contributed by atoms with Crippen LogP contribution in [0.5, 0.6) is 0 Å². The van der Waals surface area contributed by atoms with E-state index in [0.717, 1.165) is 25.0 Å². The van der Waals surface area contributed by atoms with Gasteiger partial charge in [0.05, 0.1) is 12.1 Å². The summed E-state index contributed by atoms with van der Waals surface area (Å²) in [5.74, 6) is -0.137. The zero-order chi connectivity index (χ0) is 15.3. The third kappa shape index (κ3) is 5.04. The van der Waals surface area contributed by atoms with Crippen molar-refractivity contribution < 1.29 is 18.0 Å². The Labute approximate surface area is 121 Å². The molecule has 116 valence electrons. The van der Waals surface area contributed by atoms with Gasteiger partial charge in [-0.3, -0.25) is 4.79 Å². The second-order valence-corrected chi connectivity index (χ2v) is 5.33. The predicted octanol–water partition coefficient (Wildman–Crippen LogP) is 2.85. The first-order valence-electron chi connectivity index (χ1n) is 7.11. The van der Waals surface area contributed by atoms with Crippen molar-refractivity contribution in [2.75, 3.05) is 6.54 Å². The molecule has 21 heavy (non-hydrogen) atoms. The maximum atomic E-state index is 12.4. The highest BCUT2D eigenvalue weighted by Gasteiger charge is 2.29. The topological polar surface area (TPSA) is 41.1 Å². The smallest absolute Gasteiger partial charge is 0.351 e. The molecule has 1 aromatic rings. The molecule has 0 saturated heterocycles. The zero-order valence-electron chi connectivity index (χ0n) is 11.7. The van der Waals surface area contributed by atoms with E-state index in [0.29, 0.717) is 11.6 Å². The van der Waals surface area contributed by atoms with Crippen molar-refractivity contribution in [3.05, 3.63) is 35.4 Å². The number of carbonyl (C=O) groups excluding carboxylic acids is 1. The summed E-state index contributed by atoms with van der Waals surface area (Å²) >= 11 is 0. The molecule has 1 fully saturated rings. The van der Waals surface area contributed by atoms with E-state index in [9.17, 15) is 18.0 Å². The van der Waals surface area contributed by atoms with Crippen LogP contribution in [0.25, 0.3) is 0 Å². The molecule has 1 saturated carbocycles. The summed E-state index contributed by atoms with van der Waals surface area (Å²) in [5, 5.41) is 5.88. The van der Waals surface area contributed by atoms with Gasteiger partial charge >= 0.3 is 6.18 Å². The van der Waals surface area contributed by atoms with Gasteiger partial charge in [0.2, 0.25) is 5.91 Å². The Hall–Kier alpha value is -1.56. The second kappa shape index (κ2) is 6.93. The molecule has 1 amide bonds. The van der Waals surface area contributed by atoms with Crippen molar-refractivity contribution in [3.63, 3.8) is 0 Å². The van der Waals surface area contributed by atoms with Gasteiger partial charge in [-0.2, -0.15) is 13.2 Å². The van der Waals surface area contributed by atoms with Crippen LogP contribution in [0, 0.1) is 0 Å². The molecule has 6 heteroatoms. The van der Waals surface area contributed by atoms with E-state index in [4.69, 9.17) is 0 Å². The highest BCUT2D eigenvalue weighted by Crippen LogP contribution is 2.29. The summed E-state index contributed by atoms with van der Waals surface area (Å²) in [7, 11) is 0. The van der Waals surface area contributed by atoms with E-state index >= 15 is 0 Å². The lowest BCUT2D eigenvalue weighted by molar-refractivity contribution is -0.137. The maximum absolute atomic E-state index is 12.4.